The molecule has 2 saturated carbocycles. The summed E-state index contributed by atoms with van der Waals surface area (Å²) in [6.07, 6.45) is 3.26. The van der Waals surface area contributed by atoms with Crippen LogP contribution < -0.4 is 10.1 Å². The van der Waals surface area contributed by atoms with Gasteiger partial charge in [0.25, 0.3) is 5.91 Å². The van der Waals surface area contributed by atoms with Gasteiger partial charge in [-0.1, -0.05) is 48.5 Å². The molecule has 0 bridgehead atoms. The molecule has 1 aromatic heterocycles. The minimum Gasteiger partial charge on any atom is -0.490 e. The molecular formula is C44H49ClN2O11. The van der Waals surface area contributed by atoms with E-state index in [0.29, 0.717) is 17.9 Å². The topological polar surface area (TPSA) is 166 Å². The number of ether oxygens (including phenoxy) is 6. The van der Waals surface area contributed by atoms with E-state index in [1.807, 2.05) is 42.7 Å². The van der Waals surface area contributed by atoms with Gasteiger partial charge >= 0.3 is 23.9 Å². The zero-order chi connectivity index (χ0) is 41.6. The molecule has 2 heterocycles. The van der Waals surface area contributed by atoms with E-state index in [2.05, 4.69) is 35.1 Å². The van der Waals surface area contributed by atoms with Crippen LogP contribution in [0.1, 0.15) is 89.3 Å². The Morgan fingerprint density at radius 3 is 2.21 bits per heavy atom. The number of aromatic nitrogens is 1. The van der Waals surface area contributed by atoms with Gasteiger partial charge in [0.15, 0.2) is 18.3 Å². The van der Waals surface area contributed by atoms with Gasteiger partial charge in [-0.2, -0.15) is 0 Å². The Bertz CT molecular complexity index is 2040. The van der Waals surface area contributed by atoms with Crippen LogP contribution in [0.4, 0.5) is 0 Å². The molecular weight excluding hydrogens is 768 g/mol. The molecule has 1 unspecified atom stereocenters. The highest BCUT2D eigenvalue weighted by Gasteiger charge is 2.55. The summed E-state index contributed by atoms with van der Waals surface area (Å²) in [5, 5.41) is 3.44. The fraction of sp³-hybridized carbons (Fsp3) is 0.455. The van der Waals surface area contributed by atoms with Crippen LogP contribution in [-0.4, -0.2) is 78.1 Å². The van der Waals surface area contributed by atoms with Crippen LogP contribution in [0.15, 0.2) is 67.5 Å². The van der Waals surface area contributed by atoms with Crippen molar-refractivity contribution in [2.24, 2.45) is 0 Å². The second kappa shape index (κ2) is 18.5. The lowest BCUT2D eigenvalue weighted by Crippen LogP contribution is -2.65. The largest absolute Gasteiger partial charge is 0.490 e. The third kappa shape index (κ3) is 10.6. The molecule has 5 atom stereocenters. The third-order valence-electron chi connectivity index (χ3n) is 10.5. The molecule has 2 aromatic carbocycles. The first-order chi connectivity index (χ1) is 27.7. The number of nitrogens with zero attached hydrogens (tertiary/aromatic N) is 1. The number of para-hydroxylation sites is 1. The van der Waals surface area contributed by atoms with Crippen LogP contribution >= 0.6 is 11.6 Å². The fourth-order valence-corrected chi connectivity index (χ4v) is 7.59. The molecule has 3 aliphatic rings. The highest BCUT2D eigenvalue weighted by Crippen LogP contribution is 2.55. The number of pyridine rings is 1. The van der Waals surface area contributed by atoms with Gasteiger partial charge in [-0.25, -0.2) is 0 Å². The Balaban J connectivity index is 1.08. The van der Waals surface area contributed by atoms with Crippen molar-refractivity contribution in [2.75, 3.05) is 6.54 Å². The average Bonchev–Trinajstić information content (AvgIpc) is 4.12. The molecule has 3 fully saturated rings. The summed E-state index contributed by atoms with van der Waals surface area (Å²) >= 11 is 6.76. The van der Waals surface area contributed by atoms with Crippen LogP contribution in [-0.2, 0) is 59.5 Å². The molecule has 1 amide bonds. The molecule has 14 heteroatoms. The number of halogens is 1. The van der Waals surface area contributed by atoms with Crippen molar-refractivity contribution < 1.29 is 52.4 Å². The zero-order valence-electron chi connectivity index (χ0n) is 33.1. The molecule has 1 N–H and O–H groups in total. The Morgan fingerprint density at radius 2 is 1.53 bits per heavy atom. The van der Waals surface area contributed by atoms with Crippen molar-refractivity contribution in [3.05, 3.63) is 89.2 Å². The van der Waals surface area contributed by atoms with Gasteiger partial charge in [0.2, 0.25) is 12.4 Å². The minimum atomic E-state index is -1.64. The maximum Gasteiger partial charge on any atom is 0.305 e. The number of carbonyl (C=O) groups excluding carboxylic acids is 5. The summed E-state index contributed by atoms with van der Waals surface area (Å²) in [5.74, 6) is -3.09. The number of nitrogens with one attached hydrogen (secondary N) is 1. The number of aryl methyl sites for hydroxylation is 1. The minimum absolute atomic E-state index is 0.0147. The van der Waals surface area contributed by atoms with E-state index in [-0.39, 0.29) is 18.1 Å². The molecule has 0 spiro atoms. The van der Waals surface area contributed by atoms with Crippen LogP contribution in [0.2, 0.25) is 5.02 Å². The van der Waals surface area contributed by atoms with E-state index in [0.717, 1.165) is 99.8 Å². The standard InChI is InChI=1S/C44H49ClN2O11/c1-25(9-8-21-47-42(52)40-38(53-26(2)48)39(54-27(3)49)41(55-28(4)50)43(58-40)56-29(5)51)30-12-15-36(45)31(23-30)16-18-44(19-20-44)35-24-46-22-17-33(35)34-10-6-7-11-37(34)57-32-13-14-32/h6-7,10-12,15,17,22-24,32,38-41,43H,1,8-9,13-14,16,18-21H2,2-5H3,(H,47,52)/t38-,39-,40-,41+,43?/m0/s1. The summed E-state index contributed by atoms with van der Waals surface area (Å²) in [4.78, 5) is 66.1. The van der Waals surface area contributed by atoms with Crippen molar-refractivity contribution in [2.45, 2.75) is 121 Å². The predicted molar refractivity (Wildman–Crippen MR) is 212 cm³/mol. The number of rotatable bonds is 17. The van der Waals surface area contributed by atoms with E-state index in [1.165, 1.54) is 5.56 Å². The zero-order valence-corrected chi connectivity index (χ0v) is 33.9. The molecule has 58 heavy (non-hydrogen) atoms. The van der Waals surface area contributed by atoms with Gasteiger partial charge < -0.3 is 33.7 Å². The van der Waals surface area contributed by atoms with E-state index in [9.17, 15) is 24.0 Å². The van der Waals surface area contributed by atoms with Crippen molar-refractivity contribution in [3.8, 4) is 16.9 Å². The molecule has 0 radical (unpaired) electrons. The highest BCUT2D eigenvalue weighted by molar-refractivity contribution is 6.31. The Hall–Kier alpha value is -5.27. The summed E-state index contributed by atoms with van der Waals surface area (Å²) < 4.78 is 33.2. The van der Waals surface area contributed by atoms with Crippen molar-refractivity contribution in [1.82, 2.24) is 10.3 Å². The molecule has 13 nitrogen and oxygen atoms in total. The lowest BCUT2D eigenvalue weighted by Gasteiger charge is -2.43. The average molecular weight is 817 g/mol. The summed E-state index contributed by atoms with van der Waals surface area (Å²) in [7, 11) is 0. The number of hydrogen-bond acceptors (Lipinski definition) is 12. The quantitative estimate of drug-likeness (QED) is 0.0883. The second-order valence-electron chi connectivity index (χ2n) is 15.1. The number of benzene rings is 2. The first-order valence-electron chi connectivity index (χ1n) is 19.5. The molecule has 1 aliphatic heterocycles. The van der Waals surface area contributed by atoms with E-state index >= 15 is 0 Å². The third-order valence-corrected chi connectivity index (χ3v) is 10.8. The predicted octanol–water partition coefficient (Wildman–Crippen LogP) is 6.60. The number of esters is 4. The van der Waals surface area contributed by atoms with Crippen LogP contribution in [0.5, 0.6) is 5.75 Å². The van der Waals surface area contributed by atoms with Crippen LogP contribution in [0.3, 0.4) is 0 Å². The Morgan fingerprint density at radius 1 is 0.862 bits per heavy atom. The number of carbonyl (C=O) groups is 5. The lowest BCUT2D eigenvalue weighted by atomic mass is 9.85. The summed E-state index contributed by atoms with van der Waals surface area (Å²) in [6.45, 7) is 8.83. The smallest absolute Gasteiger partial charge is 0.305 e. The fourth-order valence-electron chi connectivity index (χ4n) is 7.38. The second-order valence-corrected chi connectivity index (χ2v) is 15.5. The highest BCUT2D eigenvalue weighted by atomic mass is 35.5. The van der Waals surface area contributed by atoms with Gasteiger partial charge in [-0.15, -0.1) is 0 Å². The SMILES string of the molecule is C=C(CCCNC(=O)[C@H]1OC(OC(C)=O)[C@H](OC(C)=O)[C@@H](OC(C)=O)[C@@H]1OC(C)=O)c1ccc(Cl)c(CCC2(c3cnccc3-c3ccccc3OC3CC3)CC2)c1. The van der Waals surface area contributed by atoms with E-state index in [1.54, 1.807) is 0 Å². The molecule has 6 rings (SSSR count). The van der Waals surface area contributed by atoms with Gasteiger partial charge in [-0.3, -0.25) is 29.0 Å². The van der Waals surface area contributed by atoms with Gasteiger partial charge in [0.05, 0.1) is 6.10 Å². The molecule has 308 valence electrons. The van der Waals surface area contributed by atoms with E-state index in [4.69, 9.17) is 40.0 Å². The van der Waals surface area contributed by atoms with E-state index < -0.39 is 60.5 Å². The number of hydrogen-bond donors (Lipinski definition) is 1. The summed E-state index contributed by atoms with van der Waals surface area (Å²) in [5.41, 5.74) is 6.25. The Labute approximate surface area is 342 Å². The molecule has 1 saturated heterocycles. The molecule has 3 aromatic rings. The lowest BCUT2D eigenvalue weighted by molar-refractivity contribution is -0.290. The monoisotopic (exact) mass is 816 g/mol. The number of amides is 1. The summed E-state index contributed by atoms with van der Waals surface area (Å²) in [6, 6.07) is 16.2. The first-order valence-corrected chi connectivity index (χ1v) is 19.9. The maximum absolute atomic E-state index is 13.5. The van der Waals surface area contributed by atoms with Gasteiger partial charge in [0.1, 0.15) is 5.75 Å². The first kappa shape index (κ1) is 42.3. The van der Waals surface area contributed by atoms with Crippen molar-refractivity contribution in [3.63, 3.8) is 0 Å². The molecule has 2 aliphatic carbocycles. The van der Waals surface area contributed by atoms with Gasteiger partial charge in [0, 0.05) is 57.2 Å². The Kier molecular flexibility index (Phi) is 13.5. The van der Waals surface area contributed by atoms with Crippen molar-refractivity contribution >= 4 is 47.0 Å². The van der Waals surface area contributed by atoms with Gasteiger partial charge in [-0.05, 0) is 103 Å². The van der Waals surface area contributed by atoms with Crippen molar-refractivity contribution in [1.29, 1.82) is 0 Å². The van der Waals surface area contributed by atoms with Crippen LogP contribution in [0.25, 0.3) is 16.7 Å². The normalized spacial score (nSPS) is 21.8. The van der Waals surface area contributed by atoms with Crippen LogP contribution in [0, 0.1) is 0 Å². The number of allylic oxidation sites excluding steroid dienone is 1. The maximum atomic E-state index is 13.5.